The SMILES string of the molecule is COc1ccc(-c2ccc(N3CCCC(C(=O)Nc4cccc(-c5cn6ccsc6n5)c4)C3)nn2)cc1. The number of hydrogen-bond acceptors (Lipinski definition) is 7. The summed E-state index contributed by atoms with van der Waals surface area (Å²) in [5.74, 6) is 1.49. The Balaban J connectivity index is 1.11. The zero-order valence-electron chi connectivity index (χ0n) is 20.4. The molecule has 1 fully saturated rings. The molecule has 5 aromatic rings. The number of anilines is 2. The van der Waals surface area contributed by atoms with Crippen LogP contribution < -0.4 is 15.0 Å². The lowest BCUT2D eigenvalue weighted by molar-refractivity contribution is -0.120. The van der Waals surface area contributed by atoms with Gasteiger partial charge in [0, 0.05) is 47.7 Å². The molecule has 0 spiro atoms. The van der Waals surface area contributed by atoms with Crippen LogP contribution >= 0.6 is 11.3 Å². The fourth-order valence-corrected chi connectivity index (χ4v) is 5.38. The van der Waals surface area contributed by atoms with E-state index in [4.69, 9.17) is 4.74 Å². The molecule has 0 aliphatic carbocycles. The molecule has 8 nitrogen and oxygen atoms in total. The molecule has 4 heterocycles. The third-order valence-electron chi connectivity index (χ3n) is 6.67. The van der Waals surface area contributed by atoms with Crippen molar-refractivity contribution in [3.63, 3.8) is 0 Å². The summed E-state index contributed by atoms with van der Waals surface area (Å²) in [6.07, 6.45) is 5.77. The van der Waals surface area contributed by atoms with Gasteiger partial charge < -0.3 is 15.0 Å². The number of carbonyl (C=O) groups is 1. The van der Waals surface area contributed by atoms with Gasteiger partial charge >= 0.3 is 0 Å². The van der Waals surface area contributed by atoms with Crippen molar-refractivity contribution < 1.29 is 9.53 Å². The molecule has 186 valence electrons. The summed E-state index contributed by atoms with van der Waals surface area (Å²) in [4.78, 5) is 21.0. The van der Waals surface area contributed by atoms with E-state index in [9.17, 15) is 4.79 Å². The van der Waals surface area contributed by atoms with Crippen molar-refractivity contribution in [2.24, 2.45) is 5.92 Å². The van der Waals surface area contributed by atoms with Crippen molar-refractivity contribution in [2.45, 2.75) is 12.8 Å². The second-order valence-electron chi connectivity index (χ2n) is 9.08. The van der Waals surface area contributed by atoms with Crippen LogP contribution in [0.4, 0.5) is 11.5 Å². The van der Waals surface area contributed by atoms with Gasteiger partial charge in [-0.25, -0.2) is 4.98 Å². The van der Waals surface area contributed by atoms with Gasteiger partial charge in [-0.3, -0.25) is 9.20 Å². The van der Waals surface area contributed by atoms with Gasteiger partial charge in [-0.1, -0.05) is 12.1 Å². The molecular weight excluding hydrogens is 484 g/mol. The number of rotatable bonds is 6. The number of benzene rings is 2. The van der Waals surface area contributed by atoms with E-state index in [0.29, 0.717) is 6.54 Å². The van der Waals surface area contributed by atoms with Gasteiger partial charge in [-0.05, 0) is 61.4 Å². The molecular formula is C28H26N6O2S. The lowest BCUT2D eigenvalue weighted by atomic mass is 9.97. The third-order valence-corrected chi connectivity index (χ3v) is 7.44. The molecule has 1 saturated heterocycles. The average molecular weight is 511 g/mol. The minimum absolute atomic E-state index is 0.0236. The molecule has 1 N–H and O–H groups in total. The molecule has 0 saturated carbocycles. The number of fused-ring (bicyclic) bond motifs is 1. The molecule has 1 aliphatic rings. The van der Waals surface area contributed by atoms with Crippen LogP contribution in [0, 0.1) is 5.92 Å². The number of thiazole rings is 1. The van der Waals surface area contributed by atoms with Gasteiger partial charge in [0.2, 0.25) is 5.91 Å². The predicted molar refractivity (Wildman–Crippen MR) is 146 cm³/mol. The number of methoxy groups -OCH3 is 1. The Morgan fingerprint density at radius 3 is 2.73 bits per heavy atom. The molecule has 3 aromatic heterocycles. The van der Waals surface area contributed by atoms with E-state index in [0.717, 1.165) is 64.1 Å². The van der Waals surface area contributed by atoms with Crippen molar-refractivity contribution in [2.75, 3.05) is 30.4 Å². The zero-order valence-corrected chi connectivity index (χ0v) is 21.2. The number of carbonyl (C=O) groups excluding carboxylic acids is 1. The van der Waals surface area contributed by atoms with E-state index in [2.05, 4.69) is 25.4 Å². The van der Waals surface area contributed by atoms with E-state index in [1.54, 1.807) is 18.4 Å². The van der Waals surface area contributed by atoms with Crippen LogP contribution in [-0.2, 0) is 4.79 Å². The van der Waals surface area contributed by atoms with E-state index >= 15 is 0 Å². The normalized spacial score (nSPS) is 15.6. The van der Waals surface area contributed by atoms with Gasteiger partial charge in [0.25, 0.3) is 0 Å². The molecule has 1 unspecified atom stereocenters. The third kappa shape index (κ3) is 4.90. The number of nitrogens with zero attached hydrogens (tertiary/aromatic N) is 5. The van der Waals surface area contributed by atoms with Crippen molar-refractivity contribution in [1.82, 2.24) is 19.6 Å². The molecule has 9 heteroatoms. The van der Waals surface area contributed by atoms with Crippen LogP contribution in [0.1, 0.15) is 12.8 Å². The largest absolute Gasteiger partial charge is 0.497 e. The Bertz CT molecular complexity index is 1500. The Hall–Kier alpha value is -4.24. The number of aromatic nitrogens is 4. The molecule has 6 rings (SSSR count). The number of ether oxygens (including phenoxy) is 1. The van der Waals surface area contributed by atoms with Crippen LogP contribution in [0.2, 0.25) is 0 Å². The Labute approximate surface area is 218 Å². The van der Waals surface area contributed by atoms with Gasteiger partial charge in [0.05, 0.1) is 24.4 Å². The molecule has 1 aliphatic heterocycles. The minimum Gasteiger partial charge on any atom is -0.497 e. The van der Waals surface area contributed by atoms with E-state index < -0.39 is 0 Å². The predicted octanol–water partition coefficient (Wildman–Crippen LogP) is 5.38. The number of amides is 1. The van der Waals surface area contributed by atoms with Gasteiger partial charge in [-0.15, -0.1) is 21.5 Å². The van der Waals surface area contributed by atoms with Crippen LogP contribution in [0.25, 0.3) is 27.5 Å². The first kappa shape index (κ1) is 23.2. The van der Waals surface area contributed by atoms with E-state index in [-0.39, 0.29) is 11.8 Å². The average Bonchev–Trinajstić information content (AvgIpc) is 3.57. The number of imidazole rings is 1. The highest BCUT2D eigenvalue weighted by molar-refractivity contribution is 7.15. The highest BCUT2D eigenvalue weighted by Crippen LogP contribution is 2.27. The summed E-state index contributed by atoms with van der Waals surface area (Å²) in [5.41, 5.74) is 4.43. The fourth-order valence-electron chi connectivity index (χ4n) is 4.68. The van der Waals surface area contributed by atoms with E-state index in [1.165, 1.54) is 0 Å². The topological polar surface area (TPSA) is 84.7 Å². The maximum absolute atomic E-state index is 13.2. The maximum atomic E-state index is 13.2. The minimum atomic E-state index is -0.126. The molecule has 1 atom stereocenters. The second-order valence-corrected chi connectivity index (χ2v) is 9.95. The molecule has 2 aromatic carbocycles. The van der Waals surface area contributed by atoms with Crippen molar-refractivity contribution in [3.8, 4) is 28.3 Å². The summed E-state index contributed by atoms with van der Waals surface area (Å²) in [7, 11) is 1.65. The summed E-state index contributed by atoms with van der Waals surface area (Å²) in [6, 6.07) is 19.6. The Kier molecular flexibility index (Phi) is 6.28. The molecule has 0 radical (unpaired) electrons. The van der Waals surface area contributed by atoms with Gasteiger partial charge in [-0.2, -0.15) is 0 Å². The highest BCUT2D eigenvalue weighted by Gasteiger charge is 2.27. The Morgan fingerprint density at radius 1 is 1.05 bits per heavy atom. The molecule has 1 amide bonds. The fraction of sp³-hybridized carbons (Fsp3) is 0.214. The quantitative estimate of drug-likeness (QED) is 0.330. The second kappa shape index (κ2) is 10.0. The standard InChI is InChI=1S/C28H26N6O2S/c1-36-23-9-7-19(8-10-23)24-11-12-26(32-31-24)33-13-3-5-21(17-33)27(35)29-22-6-2-4-20(16-22)25-18-34-14-15-37-28(34)30-25/h2,4,6-12,14-16,18,21H,3,5,13,17H2,1H3,(H,29,35). The Morgan fingerprint density at radius 2 is 1.95 bits per heavy atom. The number of nitrogens with one attached hydrogen (secondary N) is 1. The summed E-state index contributed by atoms with van der Waals surface area (Å²) >= 11 is 1.60. The first-order valence-corrected chi connectivity index (χ1v) is 13.1. The maximum Gasteiger partial charge on any atom is 0.229 e. The van der Waals surface area contributed by atoms with Gasteiger partial charge in [0.1, 0.15) is 5.75 Å². The monoisotopic (exact) mass is 510 g/mol. The van der Waals surface area contributed by atoms with Crippen molar-refractivity contribution in [3.05, 3.63) is 78.4 Å². The summed E-state index contributed by atoms with van der Waals surface area (Å²) in [5, 5.41) is 14.0. The lowest BCUT2D eigenvalue weighted by Gasteiger charge is -2.32. The first-order valence-electron chi connectivity index (χ1n) is 12.2. The first-order chi connectivity index (χ1) is 18.2. The van der Waals surface area contributed by atoms with Crippen LogP contribution in [0.15, 0.2) is 78.4 Å². The molecule has 0 bridgehead atoms. The number of hydrogen-bond donors (Lipinski definition) is 1. The zero-order chi connectivity index (χ0) is 25.2. The number of piperidine rings is 1. The highest BCUT2D eigenvalue weighted by atomic mass is 32.1. The van der Waals surface area contributed by atoms with Crippen LogP contribution in [0.3, 0.4) is 0 Å². The van der Waals surface area contributed by atoms with Crippen LogP contribution in [-0.4, -0.2) is 45.7 Å². The van der Waals surface area contributed by atoms with Crippen molar-refractivity contribution >= 4 is 33.7 Å². The summed E-state index contributed by atoms with van der Waals surface area (Å²) < 4.78 is 7.23. The van der Waals surface area contributed by atoms with E-state index in [1.807, 2.05) is 82.8 Å². The van der Waals surface area contributed by atoms with Crippen LogP contribution in [0.5, 0.6) is 5.75 Å². The lowest BCUT2D eigenvalue weighted by Crippen LogP contribution is -2.41. The van der Waals surface area contributed by atoms with Gasteiger partial charge in [0.15, 0.2) is 10.8 Å². The summed E-state index contributed by atoms with van der Waals surface area (Å²) in [6.45, 7) is 1.46. The molecule has 37 heavy (non-hydrogen) atoms. The van der Waals surface area contributed by atoms with Crippen molar-refractivity contribution in [1.29, 1.82) is 0 Å². The smallest absolute Gasteiger partial charge is 0.229 e.